The van der Waals surface area contributed by atoms with Crippen molar-refractivity contribution in [1.82, 2.24) is 9.47 Å². The minimum Gasteiger partial charge on any atom is -0.319 e. The molecular formula is C20H21FN2S. The van der Waals surface area contributed by atoms with Gasteiger partial charge in [0.1, 0.15) is 5.82 Å². The number of nitrogens with zero attached hydrogens (tertiary/aromatic N) is 2. The molecule has 0 saturated heterocycles. The molecule has 0 N–H and O–H groups in total. The van der Waals surface area contributed by atoms with Gasteiger partial charge in [-0.25, -0.2) is 4.39 Å². The number of benzene rings is 1. The highest BCUT2D eigenvalue weighted by molar-refractivity contribution is 7.19. The van der Waals surface area contributed by atoms with Crippen LogP contribution in [-0.2, 0) is 13.0 Å². The maximum Gasteiger partial charge on any atom is 0.123 e. The van der Waals surface area contributed by atoms with Crippen molar-refractivity contribution in [2.45, 2.75) is 26.8 Å². The third-order valence-corrected chi connectivity index (χ3v) is 5.87. The van der Waals surface area contributed by atoms with Crippen molar-refractivity contribution < 1.29 is 4.39 Å². The molecule has 24 heavy (non-hydrogen) atoms. The Balaban J connectivity index is 1.80. The molecule has 0 fully saturated rings. The second-order valence-corrected chi connectivity index (χ2v) is 7.61. The standard InChI is InChI=1S/C20H21FN2S/c1-3-22-9-8-18-17(13-22)20-19(11-14(2)24-20)23(18)10-7-15-5-4-6-16(21)12-15/h4-7,10-12H,3,8-9,13H2,1-2H3/b10-7-. The van der Waals surface area contributed by atoms with E-state index in [0.29, 0.717) is 0 Å². The number of thiophene rings is 1. The van der Waals surface area contributed by atoms with Crippen LogP contribution in [0.25, 0.3) is 22.5 Å². The number of fused-ring (bicyclic) bond motifs is 3. The Morgan fingerprint density at radius 1 is 1.29 bits per heavy atom. The average molecular weight is 340 g/mol. The van der Waals surface area contributed by atoms with Crippen molar-refractivity contribution in [3.63, 3.8) is 0 Å². The molecule has 2 nitrogen and oxygen atoms in total. The molecular weight excluding hydrogens is 319 g/mol. The number of aryl methyl sites for hydroxylation is 1. The van der Waals surface area contributed by atoms with Gasteiger partial charge in [-0.3, -0.25) is 4.90 Å². The third kappa shape index (κ3) is 2.70. The van der Waals surface area contributed by atoms with E-state index in [9.17, 15) is 4.39 Å². The predicted molar refractivity (Wildman–Crippen MR) is 101 cm³/mol. The summed E-state index contributed by atoms with van der Waals surface area (Å²) in [6, 6.07) is 9.01. The Morgan fingerprint density at radius 3 is 2.96 bits per heavy atom. The molecule has 1 aliphatic rings. The van der Waals surface area contributed by atoms with E-state index in [2.05, 4.69) is 35.6 Å². The Kier molecular flexibility index (Phi) is 4.02. The monoisotopic (exact) mass is 340 g/mol. The predicted octanol–water partition coefficient (Wildman–Crippen LogP) is 5.16. The van der Waals surface area contributed by atoms with E-state index < -0.39 is 0 Å². The lowest BCUT2D eigenvalue weighted by Gasteiger charge is -2.26. The van der Waals surface area contributed by atoms with Crippen LogP contribution in [0.2, 0.25) is 0 Å². The second-order valence-electron chi connectivity index (χ2n) is 6.36. The molecule has 3 aromatic rings. The van der Waals surface area contributed by atoms with Crippen molar-refractivity contribution in [3.8, 4) is 0 Å². The van der Waals surface area contributed by atoms with Crippen LogP contribution >= 0.6 is 11.3 Å². The van der Waals surface area contributed by atoms with Gasteiger partial charge in [-0.2, -0.15) is 0 Å². The molecule has 2 aromatic heterocycles. The Labute approximate surface area is 145 Å². The van der Waals surface area contributed by atoms with Crippen LogP contribution in [0.15, 0.2) is 30.3 Å². The van der Waals surface area contributed by atoms with E-state index in [-0.39, 0.29) is 5.82 Å². The maximum absolute atomic E-state index is 13.4. The zero-order valence-corrected chi connectivity index (χ0v) is 14.9. The van der Waals surface area contributed by atoms with E-state index in [1.54, 1.807) is 12.1 Å². The van der Waals surface area contributed by atoms with Gasteiger partial charge in [-0.05, 0) is 43.3 Å². The van der Waals surface area contributed by atoms with Gasteiger partial charge in [0.2, 0.25) is 0 Å². The molecule has 0 saturated carbocycles. The van der Waals surface area contributed by atoms with Crippen LogP contribution in [0, 0.1) is 12.7 Å². The first-order valence-corrected chi connectivity index (χ1v) is 9.25. The van der Waals surface area contributed by atoms with Crippen molar-refractivity contribution >= 4 is 33.8 Å². The van der Waals surface area contributed by atoms with E-state index >= 15 is 0 Å². The summed E-state index contributed by atoms with van der Waals surface area (Å²) >= 11 is 1.88. The molecule has 0 bridgehead atoms. The molecule has 1 aromatic carbocycles. The van der Waals surface area contributed by atoms with E-state index in [1.165, 1.54) is 32.4 Å². The highest BCUT2D eigenvalue weighted by Gasteiger charge is 2.23. The van der Waals surface area contributed by atoms with Gasteiger partial charge in [0, 0.05) is 41.8 Å². The van der Waals surface area contributed by atoms with Crippen molar-refractivity contribution in [2.75, 3.05) is 13.1 Å². The molecule has 4 rings (SSSR count). The van der Waals surface area contributed by atoms with Crippen molar-refractivity contribution in [3.05, 3.63) is 57.8 Å². The van der Waals surface area contributed by atoms with E-state index in [0.717, 1.165) is 31.6 Å². The minimum absolute atomic E-state index is 0.193. The van der Waals surface area contributed by atoms with Gasteiger partial charge in [-0.1, -0.05) is 19.1 Å². The molecule has 0 radical (unpaired) electrons. The first kappa shape index (κ1) is 15.6. The van der Waals surface area contributed by atoms with Crippen molar-refractivity contribution in [1.29, 1.82) is 0 Å². The molecule has 0 unspecified atom stereocenters. The fraction of sp³-hybridized carbons (Fsp3) is 0.300. The number of rotatable bonds is 3. The quantitative estimate of drug-likeness (QED) is 0.639. The van der Waals surface area contributed by atoms with Gasteiger partial charge in [0.15, 0.2) is 0 Å². The molecule has 0 spiro atoms. The summed E-state index contributed by atoms with van der Waals surface area (Å²) in [5.74, 6) is -0.193. The number of hydrogen-bond acceptors (Lipinski definition) is 2. The second kappa shape index (κ2) is 6.19. The summed E-state index contributed by atoms with van der Waals surface area (Å²) in [5.41, 5.74) is 5.06. The molecule has 1 aliphatic heterocycles. The Hall–Kier alpha value is -1.91. The summed E-state index contributed by atoms with van der Waals surface area (Å²) in [4.78, 5) is 3.83. The molecule has 0 aliphatic carbocycles. The van der Waals surface area contributed by atoms with Gasteiger partial charge < -0.3 is 4.57 Å². The van der Waals surface area contributed by atoms with Gasteiger partial charge in [-0.15, -0.1) is 11.3 Å². The summed E-state index contributed by atoms with van der Waals surface area (Å²) in [7, 11) is 0. The summed E-state index contributed by atoms with van der Waals surface area (Å²) in [6.07, 6.45) is 5.17. The summed E-state index contributed by atoms with van der Waals surface area (Å²) < 4.78 is 17.1. The fourth-order valence-corrected chi connectivity index (χ4v) is 4.59. The number of likely N-dealkylation sites (N-methyl/N-ethyl adjacent to an activating group) is 1. The minimum atomic E-state index is -0.193. The molecule has 124 valence electrons. The normalized spacial score (nSPS) is 15.5. The van der Waals surface area contributed by atoms with Crippen LogP contribution < -0.4 is 0 Å². The number of halogens is 1. The number of aromatic nitrogens is 1. The Bertz CT molecular complexity index is 919. The number of hydrogen-bond donors (Lipinski definition) is 0. The zero-order valence-electron chi connectivity index (χ0n) is 14.1. The highest BCUT2D eigenvalue weighted by atomic mass is 32.1. The lowest BCUT2D eigenvalue weighted by atomic mass is 10.1. The van der Waals surface area contributed by atoms with E-state index in [1.807, 2.05) is 23.5 Å². The molecule has 0 amide bonds. The molecule has 4 heteroatoms. The first-order chi connectivity index (χ1) is 11.7. The fourth-order valence-electron chi connectivity index (χ4n) is 3.53. The smallest absolute Gasteiger partial charge is 0.123 e. The SMILES string of the molecule is CCN1CCc2c(c3sc(C)cc3n2/C=C\c2cccc(F)c2)C1. The Morgan fingerprint density at radius 2 is 2.17 bits per heavy atom. The highest BCUT2D eigenvalue weighted by Crippen LogP contribution is 2.36. The van der Waals surface area contributed by atoms with Crippen LogP contribution in [0.5, 0.6) is 0 Å². The van der Waals surface area contributed by atoms with Gasteiger partial charge in [0.05, 0.1) is 10.2 Å². The first-order valence-electron chi connectivity index (χ1n) is 8.44. The van der Waals surface area contributed by atoms with Gasteiger partial charge >= 0.3 is 0 Å². The third-order valence-electron chi connectivity index (χ3n) is 4.77. The molecule has 3 heterocycles. The van der Waals surface area contributed by atoms with Crippen LogP contribution in [0.1, 0.15) is 28.6 Å². The summed E-state index contributed by atoms with van der Waals surface area (Å²) in [5, 5.41) is 0. The van der Waals surface area contributed by atoms with Crippen LogP contribution in [0.3, 0.4) is 0 Å². The average Bonchev–Trinajstić information content (AvgIpc) is 3.08. The lowest BCUT2D eigenvalue weighted by molar-refractivity contribution is 0.267. The van der Waals surface area contributed by atoms with E-state index in [4.69, 9.17) is 0 Å². The van der Waals surface area contributed by atoms with Crippen LogP contribution in [-0.4, -0.2) is 22.6 Å². The maximum atomic E-state index is 13.4. The van der Waals surface area contributed by atoms with Gasteiger partial charge in [0.25, 0.3) is 0 Å². The zero-order chi connectivity index (χ0) is 16.7. The largest absolute Gasteiger partial charge is 0.319 e. The summed E-state index contributed by atoms with van der Waals surface area (Å²) in [6.45, 7) is 7.62. The van der Waals surface area contributed by atoms with Crippen molar-refractivity contribution in [2.24, 2.45) is 0 Å². The topological polar surface area (TPSA) is 8.17 Å². The molecule has 0 atom stereocenters. The lowest BCUT2D eigenvalue weighted by Crippen LogP contribution is -2.30. The van der Waals surface area contributed by atoms with Crippen LogP contribution in [0.4, 0.5) is 4.39 Å².